The highest BCUT2D eigenvalue weighted by Gasteiger charge is 2.07. The number of benzene rings is 1. The molecule has 0 fully saturated rings. The molecule has 0 unspecified atom stereocenters. The zero-order chi connectivity index (χ0) is 10.6. The van der Waals surface area contributed by atoms with E-state index >= 15 is 0 Å². The minimum absolute atomic E-state index is 0.279. The van der Waals surface area contributed by atoms with Crippen molar-refractivity contribution in [1.29, 1.82) is 0 Å². The maximum atomic E-state index is 11.5. The van der Waals surface area contributed by atoms with Gasteiger partial charge in [0.25, 0.3) is 5.91 Å². The number of hydrogen-bond acceptors (Lipinski definition) is 2. The van der Waals surface area contributed by atoms with Crippen LogP contribution in [0.2, 0.25) is 5.02 Å². The molecule has 0 saturated carbocycles. The van der Waals surface area contributed by atoms with Crippen molar-refractivity contribution >= 4 is 17.5 Å². The maximum Gasteiger partial charge on any atom is 0.271 e. The Morgan fingerprint density at radius 3 is 2.57 bits per heavy atom. The van der Waals surface area contributed by atoms with Gasteiger partial charge in [0.2, 0.25) is 0 Å². The molecule has 0 saturated heterocycles. The van der Waals surface area contributed by atoms with Crippen molar-refractivity contribution in [3.05, 3.63) is 47.1 Å². The zero-order valence-electron chi connectivity index (χ0n) is 7.80. The van der Waals surface area contributed by atoms with Gasteiger partial charge in [-0.2, -0.15) is 0 Å². The van der Waals surface area contributed by atoms with Crippen LogP contribution in [0.3, 0.4) is 0 Å². The number of nitrogens with one attached hydrogen (secondary N) is 2. The molecule has 0 aliphatic heterocycles. The van der Waals surface area contributed by atoms with Crippen LogP contribution >= 0.6 is 11.6 Å². The Kier molecular flexibility index (Phi) is 3.54. The van der Waals surface area contributed by atoms with Crippen LogP contribution in [-0.2, 0) is 0 Å². The minimum atomic E-state index is -0.279. The van der Waals surface area contributed by atoms with Crippen LogP contribution in [0, 0.1) is 0 Å². The van der Waals surface area contributed by atoms with E-state index in [0.717, 1.165) is 0 Å². The van der Waals surface area contributed by atoms with Crippen molar-refractivity contribution in [1.82, 2.24) is 10.9 Å². The largest absolute Gasteiger partial charge is 0.303 e. The predicted octanol–water partition coefficient (Wildman–Crippen LogP) is 2.11. The highest BCUT2D eigenvalue weighted by molar-refractivity contribution is 6.33. The molecule has 4 heteroatoms. The first-order chi connectivity index (χ1) is 6.61. The average Bonchev–Trinajstić information content (AvgIpc) is 2.15. The molecule has 0 atom stereocenters. The van der Waals surface area contributed by atoms with Gasteiger partial charge < -0.3 is 5.43 Å². The van der Waals surface area contributed by atoms with Crippen LogP contribution in [0.1, 0.15) is 17.3 Å². The quantitative estimate of drug-likeness (QED) is 0.751. The van der Waals surface area contributed by atoms with Gasteiger partial charge in [0.05, 0.1) is 10.6 Å². The minimum Gasteiger partial charge on any atom is -0.303 e. The van der Waals surface area contributed by atoms with Crippen LogP contribution < -0.4 is 10.9 Å². The number of carbonyl (C=O) groups is 1. The van der Waals surface area contributed by atoms with E-state index in [0.29, 0.717) is 16.3 Å². The van der Waals surface area contributed by atoms with Crippen molar-refractivity contribution in [2.75, 3.05) is 0 Å². The van der Waals surface area contributed by atoms with E-state index in [-0.39, 0.29) is 5.91 Å². The molecule has 2 N–H and O–H groups in total. The van der Waals surface area contributed by atoms with Crippen molar-refractivity contribution < 1.29 is 4.79 Å². The molecule has 1 amide bonds. The summed E-state index contributed by atoms with van der Waals surface area (Å²) in [5.41, 5.74) is 6.18. The number of carbonyl (C=O) groups excluding carboxylic acids is 1. The Bertz CT molecular complexity index is 363. The highest BCUT2D eigenvalue weighted by atomic mass is 35.5. The third-order valence-electron chi connectivity index (χ3n) is 1.51. The molecule has 0 radical (unpaired) electrons. The third-order valence-corrected chi connectivity index (χ3v) is 1.84. The first-order valence-corrected chi connectivity index (χ1v) is 4.45. The summed E-state index contributed by atoms with van der Waals surface area (Å²) in [7, 11) is 0. The molecular formula is C10H11ClN2O. The van der Waals surface area contributed by atoms with E-state index in [1.54, 1.807) is 31.2 Å². The van der Waals surface area contributed by atoms with Gasteiger partial charge in [-0.25, -0.2) is 0 Å². The molecule has 14 heavy (non-hydrogen) atoms. The highest BCUT2D eigenvalue weighted by Crippen LogP contribution is 2.13. The van der Waals surface area contributed by atoms with Gasteiger partial charge in [0.1, 0.15) is 0 Å². The molecule has 1 aromatic carbocycles. The van der Waals surface area contributed by atoms with Gasteiger partial charge >= 0.3 is 0 Å². The van der Waals surface area contributed by atoms with E-state index in [1.807, 2.05) is 0 Å². The Morgan fingerprint density at radius 2 is 2.00 bits per heavy atom. The fraction of sp³-hybridized carbons (Fsp3) is 0.100. The van der Waals surface area contributed by atoms with Crippen LogP contribution in [0.15, 0.2) is 36.5 Å². The fourth-order valence-electron chi connectivity index (χ4n) is 0.876. The molecule has 0 spiro atoms. The van der Waals surface area contributed by atoms with Crippen LogP contribution in [0.5, 0.6) is 0 Å². The average molecular weight is 211 g/mol. The molecule has 1 aromatic rings. The van der Waals surface area contributed by atoms with Gasteiger partial charge in [-0.05, 0) is 19.1 Å². The van der Waals surface area contributed by atoms with Gasteiger partial charge in [-0.3, -0.25) is 10.2 Å². The Labute approximate surface area is 87.7 Å². The molecule has 0 bridgehead atoms. The lowest BCUT2D eigenvalue weighted by atomic mass is 10.2. The number of hydrazine groups is 1. The molecule has 0 aromatic heterocycles. The molecule has 0 aliphatic rings. The molecule has 74 valence electrons. The Hall–Kier alpha value is -1.48. The topological polar surface area (TPSA) is 41.1 Å². The fourth-order valence-corrected chi connectivity index (χ4v) is 1.10. The van der Waals surface area contributed by atoms with E-state index < -0.39 is 0 Å². The number of halogens is 1. The molecule has 0 aliphatic carbocycles. The number of allylic oxidation sites excluding steroid dienone is 1. The van der Waals surface area contributed by atoms with Crippen LogP contribution in [0.25, 0.3) is 0 Å². The summed E-state index contributed by atoms with van der Waals surface area (Å²) in [6, 6.07) is 6.84. The summed E-state index contributed by atoms with van der Waals surface area (Å²) < 4.78 is 0. The third kappa shape index (κ3) is 2.78. The summed E-state index contributed by atoms with van der Waals surface area (Å²) in [5, 5.41) is 0.425. The van der Waals surface area contributed by atoms with Gasteiger partial charge in [0, 0.05) is 5.70 Å². The maximum absolute atomic E-state index is 11.5. The summed E-state index contributed by atoms with van der Waals surface area (Å²) in [6.45, 7) is 5.33. The normalized spacial score (nSPS) is 9.29. The van der Waals surface area contributed by atoms with Crippen molar-refractivity contribution in [3.8, 4) is 0 Å². The van der Waals surface area contributed by atoms with Gasteiger partial charge in [-0.15, -0.1) is 0 Å². The predicted molar refractivity (Wildman–Crippen MR) is 56.9 cm³/mol. The van der Waals surface area contributed by atoms with E-state index in [4.69, 9.17) is 11.6 Å². The number of hydrogen-bond donors (Lipinski definition) is 2. The number of amides is 1. The second-order valence-corrected chi connectivity index (χ2v) is 3.25. The van der Waals surface area contributed by atoms with Gasteiger partial charge in [-0.1, -0.05) is 30.3 Å². The summed E-state index contributed by atoms with van der Waals surface area (Å²) in [6.07, 6.45) is 0. The monoisotopic (exact) mass is 210 g/mol. The number of rotatable bonds is 3. The zero-order valence-corrected chi connectivity index (χ0v) is 8.56. The Balaban J connectivity index is 2.70. The van der Waals surface area contributed by atoms with E-state index in [9.17, 15) is 4.79 Å². The lowest BCUT2D eigenvalue weighted by Gasteiger charge is -2.08. The smallest absolute Gasteiger partial charge is 0.271 e. The molecular weight excluding hydrogens is 200 g/mol. The second kappa shape index (κ2) is 4.67. The van der Waals surface area contributed by atoms with Crippen molar-refractivity contribution in [2.45, 2.75) is 6.92 Å². The van der Waals surface area contributed by atoms with Crippen LogP contribution in [0.4, 0.5) is 0 Å². The standard InChI is InChI=1S/C10H11ClN2O/c1-7(2)12-13-10(14)8-5-3-4-6-9(8)11/h3-6,12H,1H2,2H3,(H,13,14). The Morgan fingerprint density at radius 1 is 1.36 bits per heavy atom. The SMILES string of the molecule is C=C(C)NNC(=O)c1ccccc1Cl. The summed E-state index contributed by atoms with van der Waals surface area (Å²) >= 11 is 5.82. The summed E-state index contributed by atoms with van der Waals surface area (Å²) in [4.78, 5) is 11.5. The lowest BCUT2D eigenvalue weighted by Crippen LogP contribution is -2.35. The lowest BCUT2D eigenvalue weighted by molar-refractivity contribution is 0.0939. The molecule has 1 rings (SSSR count). The molecule has 3 nitrogen and oxygen atoms in total. The van der Waals surface area contributed by atoms with Crippen LogP contribution in [-0.4, -0.2) is 5.91 Å². The van der Waals surface area contributed by atoms with E-state index in [2.05, 4.69) is 17.4 Å². The first-order valence-electron chi connectivity index (χ1n) is 4.07. The summed E-state index contributed by atoms with van der Waals surface area (Å²) in [5.74, 6) is -0.279. The second-order valence-electron chi connectivity index (χ2n) is 2.84. The van der Waals surface area contributed by atoms with Crippen molar-refractivity contribution in [3.63, 3.8) is 0 Å². The first kappa shape index (κ1) is 10.6. The molecule has 0 heterocycles. The van der Waals surface area contributed by atoms with Gasteiger partial charge in [0.15, 0.2) is 0 Å². The van der Waals surface area contributed by atoms with E-state index in [1.165, 1.54) is 0 Å². The van der Waals surface area contributed by atoms with Crippen molar-refractivity contribution in [2.24, 2.45) is 0 Å².